The van der Waals surface area contributed by atoms with Crippen molar-refractivity contribution in [2.24, 2.45) is 0 Å². The number of methoxy groups -OCH3 is 1. The molecule has 2 nitrogen and oxygen atoms in total. The van der Waals surface area contributed by atoms with Gasteiger partial charge in [-0.1, -0.05) is 22.0 Å². The number of halogens is 1. The van der Waals surface area contributed by atoms with Crippen LogP contribution in [0.3, 0.4) is 0 Å². The second-order valence-corrected chi connectivity index (χ2v) is 3.26. The Labute approximate surface area is 86.8 Å². The first-order chi connectivity index (χ1) is 6.38. The van der Waals surface area contributed by atoms with Crippen molar-refractivity contribution in [1.29, 1.82) is 0 Å². The molecule has 1 heterocycles. The van der Waals surface area contributed by atoms with Crippen LogP contribution in [0.5, 0.6) is 5.75 Å². The van der Waals surface area contributed by atoms with E-state index < -0.39 is 0 Å². The zero-order valence-corrected chi connectivity index (χ0v) is 9.12. The maximum absolute atomic E-state index is 5.15. The molecule has 0 atom stereocenters. The molecule has 1 aromatic rings. The van der Waals surface area contributed by atoms with Gasteiger partial charge < -0.3 is 4.74 Å². The quantitative estimate of drug-likeness (QED) is 0.757. The standard InChI is InChI=1S/C10H12BrNO/c1-13-10-6-4-8-12-9(10)5-2-3-7-11/h2,4-6,8H,3,7H2,1H3. The van der Waals surface area contributed by atoms with Gasteiger partial charge in [0.15, 0.2) is 0 Å². The molecule has 0 unspecified atom stereocenters. The van der Waals surface area contributed by atoms with Gasteiger partial charge in [-0.25, -0.2) is 0 Å². The normalized spacial score (nSPS) is 10.6. The minimum atomic E-state index is 0.813. The van der Waals surface area contributed by atoms with Crippen molar-refractivity contribution in [2.45, 2.75) is 6.42 Å². The Balaban J connectivity index is 2.74. The zero-order valence-electron chi connectivity index (χ0n) is 7.53. The van der Waals surface area contributed by atoms with Crippen molar-refractivity contribution in [3.63, 3.8) is 0 Å². The molecule has 0 fully saturated rings. The number of hydrogen-bond donors (Lipinski definition) is 0. The van der Waals surface area contributed by atoms with Crippen molar-refractivity contribution in [3.8, 4) is 5.75 Å². The van der Waals surface area contributed by atoms with E-state index in [9.17, 15) is 0 Å². The Morgan fingerprint density at radius 1 is 1.62 bits per heavy atom. The number of pyridine rings is 1. The summed E-state index contributed by atoms with van der Waals surface area (Å²) < 4.78 is 5.15. The number of hydrogen-bond acceptors (Lipinski definition) is 2. The molecule has 0 N–H and O–H groups in total. The second kappa shape index (κ2) is 5.75. The van der Waals surface area contributed by atoms with Crippen LogP contribution >= 0.6 is 15.9 Å². The van der Waals surface area contributed by atoms with Gasteiger partial charge in [-0.3, -0.25) is 4.98 Å². The van der Waals surface area contributed by atoms with E-state index in [1.54, 1.807) is 13.3 Å². The fourth-order valence-electron chi connectivity index (χ4n) is 0.958. The number of rotatable bonds is 4. The van der Waals surface area contributed by atoms with Gasteiger partial charge in [0.1, 0.15) is 11.4 Å². The molecular weight excluding hydrogens is 230 g/mol. The van der Waals surface area contributed by atoms with Gasteiger partial charge >= 0.3 is 0 Å². The molecule has 0 radical (unpaired) electrons. The summed E-state index contributed by atoms with van der Waals surface area (Å²) in [5.41, 5.74) is 0.881. The van der Waals surface area contributed by atoms with E-state index >= 15 is 0 Å². The lowest BCUT2D eigenvalue weighted by Crippen LogP contribution is -1.88. The van der Waals surface area contributed by atoms with Crippen LogP contribution in [0, 0.1) is 0 Å². The Bertz CT molecular complexity index is 286. The van der Waals surface area contributed by atoms with Crippen LogP contribution < -0.4 is 4.74 Å². The minimum absolute atomic E-state index is 0.813. The van der Waals surface area contributed by atoms with E-state index in [0.717, 1.165) is 23.2 Å². The van der Waals surface area contributed by atoms with Gasteiger partial charge in [-0.15, -0.1) is 0 Å². The Kier molecular flexibility index (Phi) is 4.54. The van der Waals surface area contributed by atoms with Gasteiger partial charge in [-0.2, -0.15) is 0 Å². The van der Waals surface area contributed by atoms with Crippen molar-refractivity contribution in [1.82, 2.24) is 4.98 Å². The van der Waals surface area contributed by atoms with Gasteiger partial charge in [-0.05, 0) is 24.6 Å². The van der Waals surface area contributed by atoms with Crippen molar-refractivity contribution >= 4 is 22.0 Å². The summed E-state index contributed by atoms with van der Waals surface area (Å²) in [4.78, 5) is 4.19. The number of ether oxygens (including phenoxy) is 1. The third-order valence-corrected chi connectivity index (χ3v) is 2.03. The van der Waals surface area contributed by atoms with Crippen LogP contribution in [0.1, 0.15) is 12.1 Å². The highest BCUT2D eigenvalue weighted by Gasteiger charge is 1.96. The molecule has 0 aliphatic rings. The molecule has 1 rings (SSSR count). The highest BCUT2D eigenvalue weighted by molar-refractivity contribution is 9.09. The van der Waals surface area contributed by atoms with Crippen LogP contribution in [0.4, 0.5) is 0 Å². The predicted molar refractivity (Wildman–Crippen MR) is 58.2 cm³/mol. The van der Waals surface area contributed by atoms with E-state index in [1.165, 1.54) is 0 Å². The Hall–Kier alpha value is -0.830. The highest BCUT2D eigenvalue weighted by Crippen LogP contribution is 2.15. The second-order valence-electron chi connectivity index (χ2n) is 2.47. The summed E-state index contributed by atoms with van der Waals surface area (Å²) in [6.45, 7) is 0. The largest absolute Gasteiger partial charge is 0.494 e. The van der Waals surface area contributed by atoms with Gasteiger partial charge in [0.25, 0.3) is 0 Å². The van der Waals surface area contributed by atoms with E-state index in [0.29, 0.717) is 0 Å². The van der Waals surface area contributed by atoms with E-state index in [2.05, 4.69) is 27.0 Å². The average molecular weight is 242 g/mol. The smallest absolute Gasteiger partial charge is 0.144 e. The zero-order chi connectivity index (χ0) is 9.52. The fraction of sp³-hybridized carbons (Fsp3) is 0.300. The van der Waals surface area contributed by atoms with E-state index in [-0.39, 0.29) is 0 Å². The number of alkyl halides is 1. The number of aromatic nitrogens is 1. The van der Waals surface area contributed by atoms with Gasteiger partial charge in [0, 0.05) is 11.5 Å². The van der Waals surface area contributed by atoms with Crippen LogP contribution in [0.2, 0.25) is 0 Å². The summed E-state index contributed by atoms with van der Waals surface area (Å²) in [7, 11) is 1.65. The third-order valence-electron chi connectivity index (χ3n) is 1.57. The first kappa shape index (κ1) is 10.3. The van der Waals surface area contributed by atoms with Crippen LogP contribution in [0.25, 0.3) is 6.08 Å². The first-order valence-corrected chi connectivity index (χ1v) is 5.22. The monoisotopic (exact) mass is 241 g/mol. The molecule has 0 saturated carbocycles. The minimum Gasteiger partial charge on any atom is -0.494 e. The Morgan fingerprint density at radius 3 is 3.15 bits per heavy atom. The molecule has 3 heteroatoms. The third kappa shape index (κ3) is 3.19. The SMILES string of the molecule is COc1cccnc1C=CCCBr. The van der Waals surface area contributed by atoms with Crippen molar-refractivity contribution < 1.29 is 4.74 Å². The van der Waals surface area contributed by atoms with Gasteiger partial charge in [0.2, 0.25) is 0 Å². The highest BCUT2D eigenvalue weighted by atomic mass is 79.9. The van der Waals surface area contributed by atoms with Crippen LogP contribution in [0.15, 0.2) is 24.4 Å². The summed E-state index contributed by atoms with van der Waals surface area (Å²) in [5, 5.41) is 0.971. The maximum atomic E-state index is 5.15. The maximum Gasteiger partial charge on any atom is 0.144 e. The molecule has 0 aliphatic carbocycles. The Morgan fingerprint density at radius 2 is 2.46 bits per heavy atom. The molecule has 0 aliphatic heterocycles. The first-order valence-electron chi connectivity index (χ1n) is 4.10. The molecule has 0 aromatic carbocycles. The van der Waals surface area contributed by atoms with E-state index in [4.69, 9.17) is 4.74 Å². The summed E-state index contributed by atoms with van der Waals surface area (Å²) in [6.07, 6.45) is 6.80. The molecule has 70 valence electrons. The molecule has 0 bridgehead atoms. The van der Waals surface area contributed by atoms with Crippen LogP contribution in [-0.2, 0) is 0 Å². The summed E-state index contributed by atoms with van der Waals surface area (Å²) in [5.74, 6) is 0.813. The summed E-state index contributed by atoms with van der Waals surface area (Å²) in [6, 6.07) is 3.77. The van der Waals surface area contributed by atoms with Crippen LogP contribution in [-0.4, -0.2) is 17.4 Å². The average Bonchev–Trinajstić information content (AvgIpc) is 2.19. The fourth-order valence-corrected chi connectivity index (χ4v) is 1.22. The van der Waals surface area contributed by atoms with E-state index in [1.807, 2.05) is 18.2 Å². The predicted octanol–water partition coefficient (Wildman–Crippen LogP) is 2.89. The number of nitrogens with zero attached hydrogens (tertiary/aromatic N) is 1. The molecule has 0 saturated heterocycles. The molecule has 0 amide bonds. The molecule has 1 aromatic heterocycles. The van der Waals surface area contributed by atoms with Crippen molar-refractivity contribution in [2.75, 3.05) is 12.4 Å². The molecule has 0 spiro atoms. The lowest BCUT2D eigenvalue weighted by Gasteiger charge is -2.01. The van der Waals surface area contributed by atoms with Crippen molar-refractivity contribution in [3.05, 3.63) is 30.1 Å². The lowest BCUT2D eigenvalue weighted by molar-refractivity contribution is 0.412. The molecule has 13 heavy (non-hydrogen) atoms. The summed E-state index contributed by atoms with van der Waals surface area (Å²) >= 11 is 3.36. The number of allylic oxidation sites excluding steroid dienone is 1. The topological polar surface area (TPSA) is 22.1 Å². The lowest BCUT2D eigenvalue weighted by atomic mass is 10.3. The molecular formula is C10H12BrNO. The van der Waals surface area contributed by atoms with Gasteiger partial charge in [0.05, 0.1) is 7.11 Å².